The van der Waals surface area contributed by atoms with Gasteiger partial charge in [-0.2, -0.15) is 0 Å². The van der Waals surface area contributed by atoms with E-state index in [0.717, 1.165) is 5.56 Å². The first-order chi connectivity index (χ1) is 8.50. The summed E-state index contributed by atoms with van der Waals surface area (Å²) < 4.78 is 11.1. The molecule has 5 heteroatoms. The first-order valence-corrected chi connectivity index (χ1v) is 7.55. The minimum absolute atomic E-state index is 0.0178. The summed E-state index contributed by atoms with van der Waals surface area (Å²) in [6.45, 7) is 2.30. The van der Waals surface area contributed by atoms with Crippen molar-refractivity contribution in [2.24, 2.45) is 0 Å². The average Bonchev–Trinajstić information content (AvgIpc) is 2.34. The van der Waals surface area contributed by atoms with Gasteiger partial charge in [-0.15, -0.1) is 0 Å². The highest BCUT2D eigenvalue weighted by atomic mass is 32.2. The third kappa shape index (κ3) is 4.87. The lowest BCUT2D eigenvalue weighted by Gasteiger charge is -2.10. The van der Waals surface area contributed by atoms with Gasteiger partial charge in [0.05, 0.1) is 0 Å². The van der Waals surface area contributed by atoms with Crippen LogP contribution in [0.5, 0.6) is 0 Å². The van der Waals surface area contributed by atoms with E-state index in [-0.39, 0.29) is 11.2 Å². The maximum Gasteiger partial charge on any atom is 0.220 e. The number of amides is 1. The van der Waals surface area contributed by atoms with Crippen LogP contribution in [0.25, 0.3) is 0 Å². The zero-order chi connectivity index (χ0) is 13.5. The van der Waals surface area contributed by atoms with Crippen LogP contribution in [0.15, 0.2) is 24.3 Å². The SMILES string of the molecule is CC(CNC(=O)CCc1ccccc1N)S(C)=O. The summed E-state index contributed by atoms with van der Waals surface area (Å²) in [4.78, 5) is 11.6. The van der Waals surface area contributed by atoms with Crippen LogP contribution in [-0.2, 0) is 22.0 Å². The fourth-order valence-electron chi connectivity index (χ4n) is 1.47. The molecule has 18 heavy (non-hydrogen) atoms. The predicted octanol–water partition coefficient (Wildman–Crippen LogP) is 1.08. The Kier molecular flexibility index (Phi) is 5.85. The van der Waals surface area contributed by atoms with E-state index in [1.807, 2.05) is 31.2 Å². The number of rotatable bonds is 6. The molecule has 0 heterocycles. The Hall–Kier alpha value is -1.36. The molecule has 100 valence electrons. The van der Waals surface area contributed by atoms with Crippen LogP contribution < -0.4 is 11.1 Å². The lowest BCUT2D eigenvalue weighted by Crippen LogP contribution is -2.32. The second-order valence-electron chi connectivity index (χ2n) is 4.31. The number of benzene rings is 1. The number of carbonyl (C=O) groups excluding carboxylic acids is 1. The van der Waals surface area contributed by atoms with Gasteiger partial charge in [-0.05, 0) is 25.0 Å². The lowest BCUT2D eigenvalue weighted by molar-refractivity contribution is -0.121. The number of hydrogen-bond donors (Lipinski definition) is 2. The van der Waals surface area contributed by atoms with Crippen molar-refractivity contribution >= 4 is 22.4 Å². The van der Waals surface area contributed by atoms with Gasteiger partial charge in [-0.1, -0.05) is 18.2 Å². The molecule has 0 aromatic heterocycles. The Bertz CT molecular complexity index is 435. The largest absolute Gasteiger partial charge is 0.399 e. The molecule has 0 saturated carbocycles. The van der Waals surface area contributed by atoms with E-state index >= 15 is 0 Å². The quantitative estimate of drug-likeness (QED) is 0.758. The molecule has 1 aromatic rings. The van der Waals surface area contributed by atoms with Gasteiger partial charge in [-0.25, -0.2) is 0 Å². The molecule has 1 amide bonds. The average molecular weight is 268 g/mol. The zero-order valence-electron chi connectivity index (χ0n) is 10.8. The highest BCUT2D eigenvalue weighted by Crippen LogP contribution is 2.12. The molecule has 2 atom stereocenters. The van der Waals surface area contributed by atoms with Crippen molar-refractivity contribution in [3.8, 4) is 0 Å². The molecule has 0 spiro atoms. The Labute approximate surface area is 110 Å². The van der Waals surface area contributed by atoms with Crippen molar-refractivity contribution in [1.29, 1.82) is 0 Å². The Morgan fingerprint density at radius 3 is 2.72 bits per heavy atom. The van der Waals surface area contributed by atoms with Crippen LogP contribution in [0.3, 0.4) is 0 Å². The number of nitrogens with one attached hydrogen (secondary N) is 1. The van der Waals surface area contributed by atoms with Gasteiger partial charge in [0.25, 0.3) is 0 Å². The molecule has 0 fully saturated rings. The van der Waals surface area contributed by atoms with E-state index in [1.165, 1.54) is 0 Å². The highest BCUT2D eigenvalue weighted by molar-refractivity contribution is 7.84. The second-order valence-corrected chi connectivity index (χ2v) is 6.11. The van der Waals surface area contributed by atoms with Crippen LogP contribution in [0.2, 0.25) is 0 Å². The smallest absolute Gasteiger partial charge is 0.220 e. The minimum atomic E-state index is -0.905. The van der Waals surface area contributed by atoms with Gasteiger partial charge in [0.2, 0.25) is 5.91 Å². The first-order valence-electron chi connectivity index (χ1n) is 5.93. The molecule has 1 rings (SSSR count). The van der Waals surface area contributed by atoms with Crippen molar-refractivity contribution in [2.45, 2.75) is 25.0 Å². The number of anilines is 1. The van der Waals surface area contributed by atoms with Crippen LogP contribution in [0.1, 0.15) is 18.9 Å². The van der Waals surface area contributed by atoms with E-state index in [4.69, 9.17) is 5.73 Å². The molecule has 2 unspecified atom stereocenters. The third-order valence-corrected chi connectivity index (χ3v) is 4.13. The standard InChI is InChI=1S/C13H20N2O2S/c1-10(18(2)17)9-15-13(16)8-7-11-5-3-4-6-12(11)14/h3-6,10H,7-9,14H2,1-2H3,(H,15,16). The third-order valence-electron chi connectivity index (χ3n) is 2.83. The Morgan fingerprint density at radius 1 is 1.44 bits per heavy atom. The molecule has 1 aromatic carbocycles. The van der Waals surface area contributed by atoms with Gasteiger partial charge < -0.3 is 11.1 Å². The molecule has 0 aliphatic carbocycles. The van der Waals surface area contributed by atoms with Gasteiger partial charge >= 0.3 is 0 Å². The molecule has 0 aliphatic rings. The van der Waals surface area contributed by atoms with Gasteiger partial charge in [0, 0.05) is 41.0 Å². The van der Waals surface area contributed by atoms with Gasteiger partial charge in [-0.3, -0.25) is 9.00 Å². The Morgan fingerprint density at radius 2 is 2.11 bits per heavy atom. The number of hydrogen-bond acceptors (Lipinski definition) is 3. The Balaban J connectivity index is 2.34. The van der Waals surface area contributed by atoms with Crippen molar-refractivity contribution in [3.05, 3.63) is 29.8 Å². The van der Waals surface area contributed by atoms with E-state index in [1.54, 1.807) is 6.26 Å². The molecule has 4 nitrogen and oxygen atoms in total. The normalized spacial score (nSPS) is 13.9. The summed E-state index contributed by atoms with van der Waals surface area (Å²) in [5.41, 5.74) is 7.50. The molecule has 0 bridgehead atoms. The molecule has 0 aliphatic heterocycles. The number of carbonyl (C=O) groups is 1. The molecular formula is C13H20N2O2S. The molecule has 0 saturated heterocycles. The fraction of sp³-hybridized carbons (Fsp3) is 0.462. The summed E-state index contributed by atoms with van der Waals surface area (Å²) in [5.74, 6) is -0.0319. The van der Waals surface area contributed by atoms with Crippen molar-refractivity contribution in [1.82, 2.24) is 5.32 Å². The predicted molar refractivity (Wildman–Crippen MR) is 75.7 cm³/mol. The maximum atomic E-state index is 11.6. The number of para-hydroxylation sites is 1. The topological polar surface area (TPSA) is 72.2 Å². The number of nitrogens with two attached hydrogens (primary N) is 1. The summed E-state index contributed by atoms with van der Waals surface area (Å²) in [6.07, 6.45) is 2.67. The van der Waals surface area contributed by atoms with E-state index in [0.29, 0.717) is 25.1 Å². The van der Waals surface area contributed by atoms with Gasteiger partial charge in [0.15, 0.2) is 0 Å². The minimum Gasteiger partial charge on any atom is -0.399 e. The van der Waals surface area contributed by atoms with E-state index in [2.05, 4.69) is 5.32 Å². The summed E-state index contributed by atoms with van der Waals surface area (Å²) in [5, 5.41) is 2.76. The first kappa shape index (κ1) is 14.7. The number of aryl methyl sites for hydroxylation is 1. The lowest BCUT2D eigenvalue weighted by atomic mass is 10.1. The van der Waals surface area contributed by atoms with Crippen LogP contribution in [0, 0.1) is 0 Å². The summed E-state index contributed by atoms with van der Waals surface area (Å²) in [7, 11) is -0.905. The van der Waals surface area contributed by atoms with E-state index in [9.17, 15) is 9.00 Å². The molecule has 3 N–H and O–H groups in total. The fourth-order valence-corrected chi connectivity index (χ4v) is 1.79. The van der Waals surface area contributed by atoms with Crippen LogP contribution >= 0.6 is 0 Å². The highest BCUT2D eigenvalue weighted by Gasteiger charge is 2.09. The van der Waals surface area contributed by atoms with Crippen molar-refractivity contribution in [2.75, 3.05) is 18.5 Å². The summed E-state index contributed by atoms with van der Waals surface area (Å²) >= 11 is 0. The van der Waals surface area contributed by atoms with Crippen molar-refractivity contribution < 1.29 is 9.00 Å². The van der Waals surface area contributed by atoms with Crippen LogP contribution in [0.4, 0.5) is 5.69 Å². The number of nitrogen functional groups attached to an aromatic ring is 1. The summed E-state index contributed by atoms with van der Waals surface area (Å²) in [6, 6.07) is 7.53. The maximum absolute atomic E-state index is 11.6. The van der Waals surface area contributed by atoms with Crippen LogP contribution in [-0.4, -0.2) is 28.2 Å². The second kappa shape index (κ2) is 7.16. The van der Waals surface area contributed by atoms with E-state index < -0.39 is 10.8 Å². The zero-order valence-corrected chi connectivity index (χ0v) is 11.6. The van der Waals surface area contributed by atoms with Gasteiger partial charge in [0.1, 0.15) is 0 Å². The molecule has 0 radical (unpaired) electrons. The molecular weight excluding hydrogens is 248 g/mol. The monoisotopic (exact) mass is 268 g/mol. The van der Waals surface area contributed by atoms with Crippen molar-refractivity contribution in [3.63, 3.8) is 0 Å².